The van der Waals surface area contributed by atoms with Crippen LogP contribution in [0.25, 0.3) is 0 Å². The molecule has 0 fully saturated rings. The quantitative estimate of drug-likeness (QED) is 0.574. The van der Waals surface area contributed by atoms with Crippen LogP contribution in [0.4, 0.5) is 0 Å². The summed E-state index contributed by atoms with van der Waals surface area (Å²) < 4.78 is 5.88. The molecule has 0 N–H and O–H groups in total. The first kappa shape index (κ1) is 14.1. The van der Waals surface area contributed by atoms with Gasteiger partial charge in [0.25, 0.3) is 5.70 Å². The minimum Gasteiger partial charge on any atom is -0.758 e. The van der Waals surface area contributed by atoms with Crippen molar-refractivity contribution in [3.8, 4) is 0 Å². The van der Waals surface area contributed by atoms with Crippen molar-refractivity contribution in [3.05, 3.63) is 21.5 Å². The van der Waals surface area contributed by atoms with E-state index in [0.29, 0.717) is 22.1 Å². The molecular weight excluding hydrogens is 344 g/mol. The third kappa shape index (κ3) is 2.05. The third-order valence-corrected chi connectivity index (χ3v) is 3.72. The number of methoxy groups -OCH3 is 1. The highest BCUT2D eigenvalue weighted by molar-refractivity contribution is 9.09. The predicted octanol–water partition coefficient (Wildman–Crippen LogP) is 2.33. The highest BCUT2D eigenvalue weighted by Gasteiger charge is 2.50. The van der Waals surface area contributed by atoms with Crippen molar-refractivity contribution < 1.29 is 9.50 Å². The first-order chi connectivity index (χ1) is 7.41. The molecule has 5 nitrogen and oxygen atoms in total. The number of allylic oxidation sites excluding steroid dienone is 2. The fraction of sp³-hybridized carbons (Fsp3) is 0.778. The van der Waals surface area contributed by atoms with Gasteiger partial charge in [-0.15, -0.1) is 0 Å². The zero-order valence-electron chi connectivity index (χ0n) is 9.37. The van der Waals surface area contributed by atoms with Crippen molar-refractivity contribution in [2.24, 2.45) is 0 Å². The molecule has 0 aromatic carbocycles. The number of nitroso groups, excluding NO2 is 1. The first-order valence-electron chi connectivity index (χ1n) is 4.72. The zero-order chi connectivity index (χ0) is 12.5. The van der Waals surface area contributed by atoms with Crippen LogP contribution in [-0.4, -0.2) is 39.4 Å². The molecule has 0 aliphatic carbocycles. The van der Waals surface area contributed by atoms with Crippen LogP contribution < -0.4 is 0 Å². The molecule has 0 aromatic rings. The standard InChI is InChI=1S/C9H14Br2N2O3/c1-9(2)8(16-3)12(14)6(4-10)7(5-11)13(9)15/h8H,4-5H2,1-3H3. The maximum Gasteiger partial charge on any atom is 0.332 e. The Labute approximate surface area is 111 Å². The maximum atomic E-state index is 12.1. The molecule has 0 saturated carbocycles. The second-order valence-corrected chi connectivity index (χ2v) is 5.14. The Kier molecular flexibility index (Phi) is 4.50. The molecule has 0 radical (unpaired) electrons. The Balaban J connectivity index is 3.30. The van der Waals surface area contributed by atoms with E-state index in [2.05, 4.69) is 31.9 Å². The number of rotatable bonds is 3. The average Bonchev–Trinajstić information content (AvgIpc) is 2.23. The molecular formula is C9H14Br2N2O3. The van der Waals surface area contributed by atoms with Crippen LogP contribution >= 0.6 is 31.9 Å². The summed E-state index contributed by atoms with van der Waals surface area (Å²) in [5.41, 5.74) is -0.0751. The van der Waals surface area contributed by atoms with E-state index < -0.39 is 11.8 Å². The lowest BCUT2D eigenvalue weighted by Crippen LogP contribution is -2.58. The van der Waals surface area contributed by atoms with Crippen LogP contribution in [0, 0.1) is 10.1 Å². The van der Waals surface area contributed by atoms with Gasteiger partial charge in [0.15, 0.2) is 0 Å². The number of ether oxygens (including phenoxy) is 1. The lowest BCUT2D eigenvalue weighted by molar-refractivity contribution is -0.610. The molecule has 0 amide bonds. The van der Waals surface area contributed by atoms with Crippen molar-refractivity contribution in [1.82, 2.24) is 5.06 Å². The molecule has 1 unspecified atom stereocenters. The number of hydroxylamine groups is 2. The molecule has 1 aliphatic rings. The van der Waals surface area contributed by atoms with E-state index in [1.807, 2.05) is 0 Å². The van der Waals surface area contributed by atoms with E-state index in [1.165, 1.54) is 7.11 Å². The summed E-state index contributed by atoms with van der Waals surface area (Å²) in [5, 5.41) is 13.6. The molecule has 1 heterocycles. The topological polar surface area (TPSA) is 55.6 Å². The Hall–Kier alpha value is 0.0200. The van der Waals surface area contributed by atoms with Gasteiger partial charge in [0, 0.05) is 17.3 Å². The number of nitrogens with zero attached hydrogens (tertiary/aromatic N) is 2. The monoisotopic (exact) mass is 356 g/mol. The van der Waals surface area contributed by atoms with Crippen LogP contribution in [0.5, 0.6) is 0 Å². The first-order valence-corrected chi connectivity index (χ1v) is 6.96. The van der Waals surface area contributed by atoms with Gasteiger partial charge in [0.2, 0.25) is 0 Å². The second-order valence-electron chi connectivity index (χ2n) is 4.02. The molecule has 0 bridgehead atoms. The summed E-state index contributed by atoms with van der Waals surface area (Å²) in [6.45, 7) is 3.37. The molecule has 0 saturated heterocycles. The SMILES string of the molecule is COC1[N+](=O)C(CBr)=C(CBr)N([O-])C1(C)C. The van der Waals surface area contributed by atoms with E-state index in [1.54, 1.807) is 13.8 Å². The highest BCUT2D eigenvalue weighted by Crippen LogP contribution is 2.34. The summed E-state index contributed by atoms with van der Waals surface area (Å²) in [6, 6.07) is 0. The third-order valence-electron chi connectivity index (χ3n) is 2.66. The van der Waals surface area contributed by atoms with Crippen molar-refractivity contribution in [1.29, 1.82) is 0 Å². The van der Waals surface area contributed by atoms with Gasteiger partial charge in [-0.1, -0.05) is 31.9 Å². The highest BCUT2D eigenvalue weighted by atomic mass is 79.9. The molecule has 1 atom stereocenters. The smallest absolute Gasteiger partial charge is 0.332 e. The van der Waals surface area contributed by atoms with Gasteiger partial charge < -0.3 is 15.0 Å². The van der Waals surface area contributed by atoms with Gasteiger partial charge in [-0.05, 0) is 13.8 Å². The molecule has 7 heteroatoms. The van der Waals surface area contributed by atoms with Gasteiger partial charge in [-0.3, -0.25) is 0 Å². The second kappa shape index (κ2) is 5.12. The molecule has 92 valence electrons. The fourth-order valence-corrected chi connectivity index (χ4v) is 2.89. The van der Waals surface area contributed by atoms with E-state index >= 15 is 0 Å². The zero-order valence-corrected chi connectivity index (χ0v) is 12.5. The van der Waals surface area contributed by atoms with Crippen LogP contribution in [0.1, 0.15) is 13.8 Å². The minimum atomic E-state index is -0.911. The van der Waals surface area contributed by atoms with Gasteiger partial charge in [-0.2, -0.15) is 0 Å². The van der Waals surface area contributed by atoms with Crippen LogP contribution in [0.15, 0.2) is 11.4 Å². The minimum absolute atomic E-state index is 0.326. The lowest BCUT2D eigenvalue weighted by atomic mass is 9.98. The predicted molar refractivity (Wildman–Crippen MR) is 68.3 cm³/mol. The van der Waals surface area contributed by atoms with Gasteiger partial charge >= 0.3 is 6.23 Å². The Morgan fingerprint density at radius 3 is 2.44 bits per heavy atom. The fourth-order valence-electron chi connectivity index (χ4n) is 1.77. The maximum absolute atomic E-state index is 12.1. The summed E-state index contributed by atoms with van der Waals surface area (Å²) in [7, 11) is 1.43. The van der Waals surface area contributed by atoms with Gasteiger partial charge in [-0.25, -0.2) is 0 Å². The number of halogens is 2. The number of alkyl halides is 2. The van der Waals surface area contributed by atoms with Gasteiger partial charge in [0.05, 0.1) is 15.8 Å². The Morgan fingerprint density at radius 2 is 2.06 bits per heavy atom. The van der Waals surface area contributed by atoms with E-state index in [4.69, 9.17) is 4.74 Å². The molecule has 1 aliphatic heterocycles. The van der Waals surface area contributed by atoms with Crippen LogP contribution in [-0.2, 0) is 4.74 Å². The summed E-state index contributed by atoms with van der Waals surface area (Å²) >= 11 is 6.44. The molecule has 1 rings (SSSR count). The van der Waals surface area contributed by atoms with E-state index in [-0.39, 0.29) is 0 Å². The number of hydrogen-bond acceptors (Lipinski definition) is 4. The normalized spacial score (nSPS) is 25.2. The largest absolute Gasteiger partial charge is 0.758 e. The van der Waals surface area contributed by atoms with Crippen LogP contribution in [0.2, 0.25) is 0 Å². The lowest BCUT2D eigenvalue weighted by Gasteiger charge is -2.48. The van der Waals surface area contributed by atoms with Crippen molar-refractivity contribution in [3.63, 3.8) is 0 Å². The van der Waals surface area contributed by atoms with Crippen LogP contribution in [0.3, 0.4) is 0 Å². The molecule has 0 spiro atoms. The van der Waals surface area contributed by atoms with E-state index in [0.717, 1.165) is 9.82 Å². The van der Waals surface area contributed by atoms with Crippen molar-refractivity contribution in [2.75, 3.05) is 17.8 Å². The van der Waals surface area contributed by atoms with Crippen molar-refractivity contribution in [2.45, 2.75) is 25.6 Å². The summed E-state index contributed by atoms with van der Waals surface area (Å²) in [4.78, 5) is 12.0. The van der Waals surface area contributed by atoms with Crippen molar-refractivity contribution >= 4 is 31.9 Å². The molecule has 16 heavy (non-hydrogen) atoms. The van der Waals surface area contributed by atoms with Gasteiger partial charge in [0.1, 0.15) is 5.54 Å². The summed E-state index contributed by atoms with van der Waals surface area (Å²) in [6.07, 6.45) is -0.805. The molecule has 0 aromatic heterocycles. The Bertz CT molecular complexity index is 331. The summed E-state index contributed by atoms with van der Waals surface area (Å²) in [5.74, 6) is 0. The Morgan fingerprint density at radius 1 is 1.50 bits per heavy atom. The van der Waals surface area contributed by atoms with E-state index in [9.17, 15) is 10.1 Å². The number of hydrogen-bond donors (Lipinski definition) is 0. The average molecular weight is 358 g/mol.